The smallest absolute Gasteiger partial charge is 0.240 e. The Morgan fingerprint density at radius 2 is 1.19 bits per heavy atom. The molecule has 32 heavy (non-hydrogen) atoms. The number of benzene rings is 3. The van der Waals surface area contributed by atoms with Gasteiger partial charge in [-0.25, -0.2) is 4.90 Å². The number of carbonyl (C=O) groups is 3. The Morgan fingerprint density at radius 3 is 1.59 bits per heavy atom. The lowest BCUT2D eigenvalue weighted by Crippen LogP contribution is -2.57. The molecule has 2 bridgehead atoms. The molecule has 3 aromatic rings. The van der Waals surface area contributed by atoms with E-state index < -0.39 is 33.4 Å². The molecule has 1 aliphatic heterocycles. The zero-order valence-electron chi connectivity index (χ0n) is 17.0. The predicted octanol–water partition coefficient (Wildman–Crippen LogP) is 4.99. The van der Waals surface area contributed by atoms with Gasteiger partial charge in [0.2, 0.25) is 11.8 Å². The third kappa shape index (κ3) is 2.12. The van der Waals surface area contributed by atoms with Crippen LogP contribution in [-0.4, -0.2) is 17.6 Å². The molecule has 0 radical (unpaired) electrons. The summed E-state index contributed by atoms with van der Waals surface area (Å²) < 4.78 is 0. The first-order valence-electron chi connectivity index (χ1n) is 10.4. The van der Waals surface area contributed by atoms with Gasteiger partial charge in [0, 0.05) is 5.56 Å². The Balaban J connectivity index is 1.63. The predicted molar refractivity (Wildman–Crippen MR) is 122 cm³/mol. The molecule has 0 N–H and O–H groups in total. The maximum absolute atomic E-state index is 13.9. The van der Waals surface area contributed by atoms with Crippen molar-refractivity contribution in [2.24, 2.45) is 11.8 Å². The van der Waals surface area contributed by atoms with Crippen molar-refractivity contribution in [3.05, 3.63) is 101 Å². The van der Waals surface area contributed by atoms with Crippen LogP contribution in [-0.2, 0) is 19.3 Å². The van der Waals surface area contributed by atoms with Crippen LogP contribution in [0.3, 0.4) is 0 Å². The minimum Gasteiger partial charge on any atom is -0.295 e. The summed E-state index contributed by atoms with van der Waals surface area (Å²) in [6.07, 6.45) is 0. The average molecular weight is 462 g/mol. The van der Waals surface area contributed by atoms with Crippen LogP contribution in [0.4, 0.5) is 5.69 Å². The summed E-state index contributed by atoms with van der Waals surface area (Å²) in [7, 11) is 0. The molecule has 0 unspecified atom stereocenters. The van der Waals surface area contributed by atoms with Crippen molar-refractivity contribution in [3.8, 4) is 0 Å². The van der Waals surface area contributed by atoms with E-state index in [1.807, 2.05) is 48.5 Å². The van der Waals surface area contributed by atoms with Crippen molar-refractivity contribution in [2.75, 3.05) is 4.90 Å². The third-order valence-electron chi connectivity index (χ3n) is 7.10. The van der Waals surface area contributed by atoms with Gasteiger partial charge >= 0.3 is 0 Å². The number of imide groups is 1. The number of rotatable bonds is 2. The zero-order chi connectivity index (χ0) is 22.4. The van der Waals surface area contributed by atoms with Crippen LogP contribution in [0.2, 0.25) is 0 Å². The van der Waals surface area contributed by atoms with Crippen molar-refractivity contribution in [2.45, 2.75) is 16.7 Å². The number of ketones is 1. The molecule has 7 rings (SSSR count). The van der Waals surface area contributed by atoms with E-state index in [0.717, 1.165) is 27.2 Å². The first kappa shape index (κ1) is 19.7. The first-order valence-corrected chi connectivity index (χ1v) is 11.1. The summed E-state index contributed by atoms with van der Waals surface area (Å²) >= 11 is 14.8. The van der Waals surface area contributed by atoms with Crippen LogP contribution in [0.25, 0.3) is 0 Å². The molecule has 2 atom stereocenters. The van der Waals surface area contributed by atoms with Gasteiger partial charge in [-0.2, -0.15) is 0 Å². The highest BCUT2D eigenvalue weighted by atomic mass is 35.5. The number of hydrogen-bond donors (Lipinski definition) is 0. The molecular formula is C26H17Cl2NO3. The summed E-state index contributed by atoms with van der Waals surface area (Å²) in [6.45, 7) is 1.45. The van der Waals surface area contributed by atoms with Crippen LogP contribution in [0, 0.1) is 11.8 Å². The highest BCUT2D eigenvalue weighted by molar-refractivity contribution is 6.38. The van der Waals surface area contributed by atoms with Gasteiger partial charge in [-0.1, -0.05) is 60.7 Å². The molecule has 2 amide bonds. The van der Waals surface area contributed by atoms with Gasteiger partial charge in [0.1, 0.15) is 9.75 Å². The molecule has 158 valence electrons. The highest BCUT2D eigenvalue weighted by Gasteiger charge is 2.73. The summed E-state index contributed by atoms with van der Waals surface area (Å²) in [5, 5.41) is 0. The molecule has 4 nitrogen and oxygen atoms in total. The standard InChI is InChI=1S/C26H17Cl2NO3/c1-14(30)15-7-6-8-16(13-15)29-23(31)21-22(24(29)32)26(28)18-10-3-2-9-17(18)25(21,27)19-11-4-5-12-20(19)26/h2-13,21-22H,1H3/t21-,22+,25?,26?. The molecule has 4 aliphatic rings. The van der Waals surface area contributed by atoms with Crippen molar-refractivity contribution in [1.29, 1.82) is 0 Å². The van der Waals surface area contributed by atoms with E-state index in [4.69, 9.17) is 23.2 Å². The number of amides is 2. The van der Waals surface area contributed by atoms with E-state index in [9.17, 15) is 14.4 Å². The van der Waals surface area contributed by atoms with Gasteiger partial charge in [0.15, 0.2) is 5.78 Å². The number of halogens is 2. The number of hydrogen-bond acceptors (Lipinski definition) is 3. The monoisotopic (exact) mass is 461 g/mol. The molecular weight excluding hydrogens is 445 g/mol. The summed E-state index contributed by atoms with van der Waals surface area (Å²) in [6, 6.07) is 21.6. The van der Waals surface area contributed by atoms with Gasteiger partial charge in [0.05, 0.1) is 17.5 Å². The van der Waals surface area contributed by atoms with Gasteiger partial charge in [0.25, 0.3) is 0 Å². The molecule has 1 fully saturated rings. The lowest BCUT2D eigenvalue weighted by molar-refractivity contribution is -0.122. The quantitative estimate of drug-likeness (QED) is 0.307. The van der Waals surface area contributed by atoms with Crippen molar-refractivity contribution in [3.63, 3.8) is 0 Å². The largest absolute Gasteiger partial charge is 0.295 e. The van der Waals surface area contributed by atoms with E-state index in [0.29, 0.717) is 11.3 Å². The van der Waals surface area contributed by atoms with E-state index in [1.165, 1.54) is 6.92 Å². The molecule has 0 saturated carbocycles. The van der Waals surface area contributed by atoms with E-state index in [1.54, 1.807) is 24.3 Å². The SMILES string of the molecule is CC(=O)c1cccc(N2C(=O)[C@@H]3[C@H](C2=O)C2(Cl)c4ccccc4C3(Cl)c3ccccc32)c1. The minimum atomic E-state index is -1.21. The summed E-state index contributed by atoms with van der Waals surface area (Å²) in [4.78, 5) is 38.4. The Bertz CT molecular complexity index is 1240. The summed E-state index contributed by atoms with van der Waals surface area (Å²) in [5.41, 5.74) is 3.83. The average Bonchev–Trinajstić information content (AvgIpc) is 3.08. The van der Waals surface area contributed by atoms with Gasteiger partial charge in [-0.05, 0) is 41.3 Å². The first-order chi connectivity index (χ1) is 15.3. The normalized spacial score (nSPS) is 29.5. The molecule has 1 saturated heterocycles. The molecule has 6 heteroatoms. The van der Waals surface area contributed by atoms with E-state index in [-0.39, 0.29) is 5.78 Å². The van der Waals surface area contributed by atoms with Crippen LogP contribution < -0.4 is 4.90 Å². The molecule has 0 spiro atoms. The van der Waals surface area contributed by atoms with Gasteiger partial charge in [-0.15, -0.1) is 23.2 Å². The fourth-order valence-electron chi connectivity index (χ4n) is 5.79. The summed E-state index contributed by atoms with van der Waals surface area (Å²) in [5.74, 6) is -2.67. The molecule has 3 aliphatic carbocycles. The topological polar surface area (TPSA) is 54.5 Å². The lowest BCUT2D eigenvalue weighted by atomic mass is 9.54. The minimum absolute atomic E-state index is 0.147. The Labute approximate surface area is 194 Å². The molecule has 1 heterocycles. The van der Waals surface area contributed by atoms with Crippen molar-refractivity contribution < 1.29 is 14.4 Å². The Hall–Kier alpha value is -2.95. The zero-order valence-corrected chi connectivity index (χ0v) is 18.5. The van der Waals surface area contributed by atoms with Gasteiger partial charge < -0.3 is 0 Å². The Morgan fingerprint density at radius 1 is 0.750 bits per heavy atom. The fourth-order valence-corrected chi connectivity index (χ4v) is 6.88. The fraction of sp³-hybridized carbons (Fsp3) is 0.192. The van der Waals surface area contributed by atoms with Crippen LogP contribution in [0.15, 0.2) is 72.8 Å². The van der Waals surface area contributed by atoms with Crippen molar-refractivity contribution >= 4 is 46.5 Å². The second kappa shape index (κ2) is 6.31. The Kier molecular flexibility index (Phi) is 3.88. The second-order valence-electron chi connectivity index (χ2n) is 8.59. The third-order valence-corrected chi connectivity index (χ3v) is 8.38. The van der Waals surface area contributed by atoms with Gasteiger partial charge in [-0.3, -0.25) is 14.4 Å². The van der Waals surface area contributed by atoms with Crippen LogP contribution in [0.1, 0.15) is 39.5 Å². The maximum Gasteiger partial charge on any atom is 0.240 e. The van der Waals surface area contributed by atoms with Crippen LogP contribution >= 0.6 is 23.2 Å². The van der Waals surface area contributed by atoms with E-state index >= 15 is 0 Å². The number of nitrogens with zero attached hydrogens (tertiary/aromatic N) is 1. The molecule has 3 aromatic carbocycles. The van der Waals surface area contributed by atoms with E-state index in [2.05, 4.69) is 0 Å². The van der Waals surface area contributed by atoms with Crippen molar-refractivity contribution in [1.82, 2.24) is 0 Å². The molecule has 0 aromatic heterocycles. The highest BCUT2D eigenvalue weighted by Crippen LogP contribution is 2.69. The number of alkyl halides is 2. The second-order valence-corrected chi connectivity index (χ2v) is 9.78. The maximum atomic E-state index is 13.9. The number of Topliss-reactive ketones (excluding diaryl/α,β-unsaturated/α-hetero) is 1. The lowest BCUT2D eigenvalue weighted by Gasteiger charge is -2.54. The number of carbonyl (C=O) groups excluding carboxylic acids is 3. The number of anilines is 1. The van der Waals surface area contributed by atoms with Crippen LogP contribution in [0.5, 0.6) is 0 Å².